The SMILES string of the molecule is Cc1c(CN2[C@H](C)COC[C@@H]2C)n(C(C)C)c2c(Cl)c(-c3nc(N[C@@H]4CCOC[C@H]4O)ncc3F)ccc2c1=O. The fourth-order valence-corrected chi connectivity index (χ4v) is 6.13. The lowest BCUT2D eigenvalue weighted by molar-refractivity contribution is -0.0420. The molecule has 0 spiro atoms. The summed E-state index contributed by atoms with van der Waals surface area (Å²) in [5.41, 5.74) is 2.40. The summed E-state index contributed by atoms with van der Waals surface area (Å²) in [4.78, 5) is 24.5. The highest BCUT2D eigenvalue weighted by molar-refractivity contribution is 6.37. The van der Waals surface area contributed by atoms with Gasteiger partial charge < -0.3 is 24.5 Å². The van der Waals surface area contributed by atoms with Crippen LogP contribution in [0.2, 0.25) is 5.02 Å². The van der Waals surface area contributed by atoms with Crippen LogP contribution in [0.3, 0.4) is 0 Å². The quantitative estimate of drug-likeness (QED) is 0.450. The van der Waals surface area contributed by atoms with Crippen molar-refractivity contribution in [1.82, 2.24) is 19.4 Å². The van der Waals surface area contributed by atoms with Crippen molar-refractivity contribution in [1.29, 1.82) is 0 Å². The minimum Gasteiger partial charge on any atom is -0.389 e. The van der Waals surface area contributed by atoms with E-state index in [0.717, 1.165) is 11.9 Å². The van der Waals surface area contributed by atoms with Crippen molar-refractivity contribution in [3.8, 4) is 11.3 Å². The van der Waals surface area contributed by atoms with Gasteiger partial charge in [-0.2, -0.15) is 0 Å². The molecular weight excluding hydrogens is 537 g/mol. The Hall–Kier alpha value is -2.63. The van der Waals surface area contributed by atoms with E-state index in [1.165, 1.54) is 0 Å². The Labute approximate surface area is 238 Å². The number of aliphatic hydroxyl groups excluding tert-OH is 1. The van der Waals surface area contributed by atoms with Gasteiger partial charge in [-0.25, -0.2) is 14.4 Å². The van der Waals surface area contributed by atoms with E-state index >= 15 is 4.39 Å². The average molecular weight is 574 g/mol. The highest BCUT2D eigenvalue weighted by atomic mass is 35.5. The highest BCUT2D eigenvalue weighted by Gasteiger charge is 2.29. The standard InChI is InChI=1S/C29H37ClFN5O4/c1-15(2)36-23(11-35-16(3)12-40-13-17(35)4)18(5)28(38)20-7-6-19(25(30)27(20)36)26-21(31)10-32-29(34-26)33-22-8-9-39-14-24(22)37/h6-7,10,15-17,22,24,37H,8-9,11-14H2,1-5H3,(H,32,33,34)/t16-,17+,22-,24-/m1/s1. The number of morpholine rings is 1. The average Bonchev–Trinajstić information content (AvgIpc) is 2.91. The summed E-state index contributed by atoms with van der Waals surface area (Å²) < 4.78 is 28.3. The first-order valence-corrected chi connectivity index (χ1v) is 14.2. The Bertz CT molecular complexity index is 1450. The summed E-state index contributed by atoms with van der Waals surface area (Å²) in [7, 11) is 0. The third-order valence-electron chi connectivity index (χ3n) is 8.01. The Morgan fingerprint density at radius 2 is 1.93 bits per heavy atom. The van der Waals surface area contributed by atoms with Gasteiger partial charge in [-0.3, -0.25) is 9.69 Å². The summed E-state index contributed by atoms with van der Waals surface area (Å²) >= 11 is 7.06. The van der Waals surface area contributed by atoms with Gasteiger partial charge in [0, 0.05) is 53.5 Å². The Morgan fingerprint density at radius 1 is 1.20 bits per heavy atom. The second-order valence-electron chi connectivity index (χ2n) is 11.2. The Kier molecular flexibility index (Phi) is 8.45. The number of benzene rings is 1. The Morgan fingerprint density at radius 3 is 2.60 bits per heavy atom. The van der Waals surface area contributed by atoms with Crippen molar-refractivity contribution in [2.45, 2.75) is 77.9 Å². The maximum Gasteiger partial charge on any atom is 0.223 e. The fourth-order valence-electron chi connectivity index (χ4n) is 5.78. The van der Waals surface area contributed by atoms with Crippen molar-refractivity contribution in [2.75, 3.05) is 31.7 Å². The lowest BCUT2D eigenvalue weighted by Gasteiger charge is -2.40. The molecule has 2 N–H and O–H groups in total. The zero-order valence-corrected chi connectivity index (χ0v) is 24.3. The molecule has 0 bridgehead atoms. The summed E-state index contributed by atoms with van der Waals surface area (Å²) in [5, 5.41) is 14.1. The molecule has 216 valence electrons. The first-order valence-electron chi connectivity index (χ1n) is 13.8. The van der Waals surface area contributed by atoms with E-state index in [1.54, 1.807) is 12.1 Å². The van der Waals surface area contributed by atoms with Crippen LogP contribution in [0.15, 0.2) is 23.1 Å². The zero-order valence-electron chi connectivity index (χ0n) is 23.6. The zero-order chi connectivity index (χ0) is 28.7. The summed E-state index contributed by atoms with van der Waals surface area (Å²) in [6, 6.07) is 3.36. The lowest BCUT2D eigenvalue weighted by Crippen LogP contribution is -2.49. The van der Waals surface area contributed by atoms with Gasteiger partial charge in [0.25, 0.3) is 0 Å². The van der Waals surface area contributed by atoms with Crippen LogP contribution in [0, 0.1) is 12.7 Å². The minimum atomic E-state index is -0.728. The number of rotatable bonds is 6. The monoisotopic (exact) mass is 573 g/mol. The van der Waals surface area contributed by atoms with E-state index in [9.17, 15) is 9.90 Å². The van der Waals surface area contributed by atoms with Gasteiger partial charge in [0.15, 0.2) is 11.2 Å². The number of fused-ring (bicyclic) bond motifs is 1. The van der Waals surface area contributed by atoms with E-state index in [0.29, 0.717) is 54.8 Å². The number of hydrogen-bond acceptors (Lipinski definition) is 8. The molecule has 0 aliphatic carbocycles. The number of aromatic nitrogens is 3. The van der Waals surface area contributed by atoms with Crippen molar-refractivity contribution in [2.24, 2.45) is 0 Å². The number of ether oxygens (including phenoxy) is 2. The fraction of sp³-hybridized carbons (Fsp3) is 0.552. The van der Waals surface area contributed by atoms with Gasteiger partial charge in [0.2, 0.25) is 5.95 Å². The van der Waals surface area contributed by atoms with Gasteiger partial charge in [-0.15, -0.1) is 0 Å². The minimum absolute atomic E-state index is 0.0197. The van der Waals surface area contributed by atoms with Crippen LogP contribution >= 0.6 is 11.6 Å². The molecule has 0 amide bonds. The molecular formula is C29H37ClFN5O4. The van der Waals surface area contributed by atoms with E-state index in [-0.39, 0.29) is 52.9 Å². The van der Waals surface area contributed by atoms with Crippen LogP contribution in [0.1, 0.15) is 51.4 Å². The summed E-state index contributed by atoms with van der Waals surface area (Å²) in [5.74, 6) is -0.458. The molecule has 0 radical (unpaired) electrons. The van der Waals surface area contributed by atoms with Gasteiger partial charge in [-0.05, 0) is 47.1 Å². The van der Waals surface area contributed by atoms with E-state index < -0.39 is 11.9 Å². The number of nitrogens with zero attached hydrogens (tertiary/aromatic N) is 4. The molecule has 3 aromatic rings. The maximum absolute atomic E-state index is 15.2. The molecule has 5 rings (SSSR count). The van der Waals surface area contributed by atoms with Crippen LogP contribution < -0.4 is 10.7 Å². The molecule has 2 saturated heterocycles. The third kappa shape index (κ3) is 5.35. The molecule has 0 saturated carbocycles. The van der Waals surface area contributed by atoms with E-state index in [4.69, 9.17) is 21.1 Å². The van der Waals surface area contributed by atoms with Crippen molar-refractivity contribution in [3.63, 3.8) is 0 Å². The lowest BCUT2D eigenvalue weighted by atomic mass is 10.0. The maximum atomic E-state index is 15.2. The van der Waals surface area contributed by atoms with Crippen LogP contribution in [-0.4, -0.2) is 75.2 Å². The van der Waals surface area contributed by atoms with Crippen LogP contribution in [0.4, 0.5) is 10.3 Å². The highest BCUT2D eigenvalue weighted by Crippen LogP contribution is 2.37. The molecule has 2 aliphatic rings. The van der Waals surface area contributed by atoms with E-state index in [2.05, 4.69) is 52.4 Å². The summed E-state index contributed by atoms with van der Waals surface area (Å²) in [6.07, 6.45) is 0.930. The molecule has 4 heterocycles. The first-order chi connectivity index (χ1) is 19.1. The predicted octanol–water partition coefficient (Wildman–Crippen LogP) is 4.31. The molecule has 11 heteroatoms. The van der Waals surface area contributed by atoms with Crippen molar-refractivity contribution in [3.05, 3.63) is 50.7 Å². The largest absolute Gasteiger partial charge is 0.389 e. The van der Waals surface area contributed by atoms with Gasteiger partial charge >= 0.3 is 0 Å². The smallest absolute Gasteiger partial charge is 0.223 e. The molecule has 2 aliphatic heterocycles. The number of nitrogens with one attached hydrogen (secondary N) is 1. The molecule has 0 unspecified atom stereocenters. The Balaban J connectivity index is 1.64. The normalized spacial score (nSPS) is 24.1. The van der Waals surface area contributed by atoms with Crippen LogP contribution in [-0.2, 0) is 16.0 Å². The second-order valence-corrected chi connectivity index (χ2v) is 11.5. The molecule has 2 fully saturated rings. The molecule has 2 aromatic heterocycles. The van der Waals surface area contributed by atoms with Crippen molar-refractivity contribution < 1.29 is 19.0 Å². The number of halogens is 2. The molecule has 9 nitrogen and oxygen atoms in total. The number of anilines is 1. The first kappa shape index (κ1) is 28.9. The number of aliphatic hydroxyl groups is 1. The van der Waals surface area contributed by atoms with Gasteiger partial charge in [0.05, 0.1) is 48.7 Å². The van der Waals surface area contributed by atoms with Gasteiger partial charge in [0.1, 0.15) is 5.69 Å². The van der Waals surface area contributed by atoms with Crippen LogP contribution in [0.25, 0.3) is 22.2 Å². The van der Waals surface area contributed by atoms with E-state index in [1.807, 2.05) is 6.92 Å². The summed E-state index contributed by atoms with van der Waals surface area (Å²) in [6.45, 7) is 12.7. The molecule has 1 aromatic carbocycles. The van der Waals surface area contributed by atoms with Crippen molar-refractivity contribution >= 4 is 28.5 Å². The predicted molar refractivity (Wildman–Crippen MR) is 153 cm³/mol. The third-order valence-corrected chi connectivity index (χ3v) is 8.39. The van der Waals surface area contributed by atoms with Crippen LogP contribution in [0.5, 0.6) is 0 Å². The molecule has 4 atom stereocenters. The number of pyridine rings is 1. The molecule has 40 heavy (non-hydrogen) atoms. The second kappa shape index (κ2) is 11.7. The topological polar surface area (TPSA) is 102 Å². The van der Waals surface area contributed by atoms with Gasteiger partial charge in [-0.1, -0.05) is 17.7 Å². The number of hydrogen-bond donors (Lipinski definition) is 2.